The number of carbonyl (C=O) groups excluding carboxylic acids is 2. The first-order valence-electron chi connectivity index (χ1n) is 11.9. The van der Waals surface area contributed by atoms with E-state index in [4.69, 9.17) is 9.47 Å². The lowest BCUT2D eigenvalue weighted by molar-refractivity contribution is -0.0620. The van der Waals surface area contributed by atoms with Crippen LogP contribution in [0.15, 0.2) is 60.7 Å². The molecule has 2 heterocycles. The van der Waals surface area contributed by atoms with Gasteiger partial charge in [-0.2, -0.15) is 0 Å². The zero-order chi connectivity index (χ0) is 22.2. The number of esters is 2. The summed E-state index contributed by atoms with van der Waals surface area (Å²) in [5, 5.41) is 0. The summed E-state index contributed by atoms with van der Waals surface area (Å²) in [6.45, 7) is 4.38. The van der Waals surface area contributed by atoms with Gasteiger partial charge in [0.2, 0.25) is 0 Å². The Bertz CT molecular complexity index is 885. The minimum absolute atomic E-state index is 0.0894. The van der Waals surface area contributed by atoms with Gasteiger partial charge in [0, 0.05) is 6.04 Å². The molecule has 3 fully saturated rings. The second-order valence-corrected chi connectivity index (χ2v) is 9.61. The molecule has 0 amide bonds. The first kappa shape index (κ1) is 21.2. The monoisotopic (exact) mass is 433 g/mol. The number of benzene rings is 2. The maximum absolute atomic E-state index is 13.0. The van der Waals surface area contributed by atoms with Crippen molar-refractivity contribution in [2.45, 2.75) is 69.9 Å². The van der Waals surface area contributed by atoms with Crippen LogP contribution in [0.25, 0.3) is 0 Å². The molecule has 6 atom stereocenters. The highest BCUT2D eigenvalue weighted by molar-refractivity contribution is 5.90. The van der Waals surface area contributed by atoms with Gasteiger partial charge >= 0.3 is 11.9 Å². The van der Waals surface area contributed by atoms with Crippen LogP contribution in [-0.4, -0.2) is 47.2 Å². The van der Waals surface area contributed by atoms with Crippen molar-refractivity contribution in [1.29, 1.82) is 0 Å². The van der Waals surface area contributed by atoms with Crippen molar-refractivity contribution in [1.82, 2.24) is 4.90 Å². The number of hydrogen-bond donors (Lipinski definition) is 0. The Labute approximate surface area is 189 Å². The van der Waals surface area contributed by atoms with Crippen LogP contribution < -0.4 is 0 Å². The van der Waals surface area contributed by atoms with Gasteiger partial charge in [-0.15, -0.1) is 0 Å². The Morgan fingerprint density at radius 3 is 1.53 bits per heavy atom. The fourth-order valence-corrected chi connectivity index (χ4v) is 6.39. The molecule has 0 N–H and O–H groups in total. The van der Waals surface area contributed by atoms with E-state index in [9.17, 15) is 9.59 Å². The second-order valence-electron chi connectivity index (χ2n) is 9.61. The molecule has 6 unspecified atom stereocenters. The standard InChI is InChI=1S/C27H31NO4/c1-17(2)28-22-20-15-9-10-16-21(20)23(28)25(32-27(30)19-13-7-4-8-14-19)24(22)31-26(29)18-11-5-3-6-12-18/h3-8,11-14,17,20-25H,9-10,15-16H2,1-2H3. The summed E-state index contributed by atoms with van der Waals surface area (Å²) in [5.41, 5.74) is 1.06. The van der Waals surface area contributed by atoms with Crippen molar-refractivity contribution in [2.24, 2.45) is 11.8 Å². The number of ether oxygens (including phenoxy) is 2. The van der Waals surface area contributed by atoms with Gasteiger partial charge in [-0.1, -0.05) is 49.2 Å². The van der Waals surface area contributed by atoms with Crippen molar-refractivity contribution in [3.05, 3.63) is 71.8 Å². The molecule has 2 saturated heterocycles. The molecule has 2 aromatic rings. The van der Waals surface area contributed by atoms with Crippen molar-refractivity contribution < 1.29 is 19.1 Å². The van der Waals surface area contributed by atoms with Crippen molar-refractivity contribution >= 4 is 11.9 Å². The lowest BCUT2D eigenvalue weighted by Crippen LogP contribution is -2.51. The van der Waals surface area contributed by atoms with Gasteiger partial charge in [-0.25, -0.2) is 9.59 Å². The Kier molecular flexibility index (Phi) is 5.76. The minimum Gasteiger partial charge on any atom is -0.453 e. The first-order valence-corrected chi connectivity index (χ1v) is 11.9. The number of nitrogens with zero attached hydrogens (tertiary/aromatic N) is 1. The topological polar surface area (TPSA) is 55.8 Å². The summed E-state index contributed by atoms with van der Waals surface area (Å²) in [5.74, 6) is 0.271. The van der Waals surface area contributed by atoms with E-state index in [1.54, 1.807) is 24.3 Å². The zero-order valence-corrected chi connectivity index (χ0v) is 18.7. The van der Waals surface area contributed by atoms with Gasteiger partial charge < -0.3 is 9.47 Å². The predicted molar refractivity (Wildman–Crippen MR) is 121 cm³/mol. The normalized spacial score (nSPS) is 31.3. The van der Waals surface area contributed by atoms with Crippen LogP contribution in [0.5, 0.6) is 0 Å². The molecule has 2 aliphatic heterocycles. The SMILES string of the molecule is CC(C)N1C2C3CCCCC3C1C(OC(=O)c1ccccc1)C2OC(=O)c1ccccc1. The Balaban J connectivity index is 1.47. The van der Waals surface area contributed by atoms with E-state index in [-0.39, 0.29) is 30.1 Å². The average molecular weight is 434 g/mol. The molecule has 5 nitrogen and oxygen atoms in total. The quantitative estimate of drug-likeness (QED) is 0.639. The van der Waals surface area contributed by atoms with Gasteiger partial charge in [0.15, 0.2) is 12.2 Å². The summed E-state index contributed by atoms with van der Waals surface area (Å²) in [4.78, 5) is 28.5. The first-order chi connectivity index (χ1) is 15.6. The van der Waals surface area contributed by atoms with Crippen LogP contribution in [0.1, 0.15) is 60.2 Å². The molecule has 3 aliphatic rings. The maximum Gasteiger partial charge on any atom is 0.338 e. The maximum atomic E-state index is 13.0. The summed E-state index contributed by atoms with van der Waals surface area (Å²) >= 11 is 0. The fraction of sp³-hybridized carbons (Fsp3) is 0.481. The Morgan fingerprint density at radius 2 is 1.16 bits per heavy atom. The van der Waals surface area contributed by atoms with Gasteiger partial charge in [0.1, 0.15) is 0 Å². The molecule has 168 valence electrons. The van der Waals surface area contributed by atoms with E-state index in [2.05, 4.69) is 18.7 Å². The van der Waals surface area contributed by atoms with E-state index in [0.717, 1.165) is 12.8 Å². The molecule has 1 aliphatic carbocycles. The van der Waals surface area contributed by atoms with Gasteiger partial charge in [0.25, 0.3) is 0 Å². The molecule has 5 rings (SSSR count). The molecular weight excluding hydrogens is 402 g/mol. The number of rotatable bonds is 5. The second kappa shape index (κ2) is 8.70. The number of carbonyl (C=O) groups is 2. The van der Waals surface area contributed by atoms with Crippen molar-refractivity contribution in [2.75, 3.05) is 0 Å². The average Bonchev–Trinajstić information content (AvgIpc) is 3.32. The molecule has 32 heavy (non-hydrogen) atoms. The highest BCUT2D eigenvalue weighted by Gasteiger charge is 2.66. The highest BCUT2D eigenvalue weighted by atomic mass is 16.6. The minimum atomic E-state index is -0.456. The third-order valence-electron chi connectivity index (χ3n) is 7.54. The lowest BCUT2D eigenvalue weighted by Gasteiger charge is -2.40. The van der Waals surface area contributed by atoms with Crippen LogP contribution >= 0.6 is 0 Å². The molecule has 1 saturated carbocycles. The van der Waals surface area contributed by atoms with E-state index < -0.39 is 12.2 Å². The molecule has 2 aromatic carbocycles. The van der Waals surface area contributed by atoms with Gasteiger partial charge in [-0.05, 0) is 62.8 Å². The molecule has 5 heteroatoms. The third-order valence-corrected chi connectivity index (χ3v) is 7.54. The largest absolute Gasteiger partial charge is 0.453 e. The molecule has 0 spiro atoms. The van der Waals surface area contributed by atoms with Crippen LogP contribution in [0, 0.1) is 11.8 Å². The highest BCUT2D eigenvalue weighted by Crippen LogP contribution is 2.54. The van der Waals surface area contributed by atoms with Gasteiger partial charge in [-0.3, -0.25) is 4.90 Å². The van der Waals surface area contributed by atoms with Crippen LogP contribution in [0.4, 0.5) is 0 Å². The van der Waals surface area contributed by atoms with Crippen LogP contribution in [0.2, 0.25) is 0 Å². The van der Waals surface area contributed by atoms with Crippen LogP contribution in [-0.2, 0) is 9.47 Å². The summed E-state index contributed by atoms with van der Waals surface area (Å²) < 4.78 is 12.3. The third kappa shape index (κ3) is 3.62. The number of fused-ring (bicyclic) bond motifs is 5. The van der Waals surface area contributed by atoms with E-state index >= 15 is 0 Å². The van der Waals surface area contributed by atoms with Crippen molar-refractivity contribution in [3.8, 4) is 0 Å². The number of hydrogen-bond acceptors (Lipinski definition) is 5. The zero-order valence-electron chi connectivity index (χ0n) is 18.7. The summed E-state index contributed by atoms with van der Waals surface area (Å²) in [7, 11) is 0. The van der Waals surface area contributed by atoms with Crippen molar-refractivity contribution in [3.63, 3.8) is 0 Å². The Morgan fingerprint density at radius 1 is 0.750 bits per heavy atom. The summed E-state index contributed by atoms with van der Waals surface area (Å²) in [6, 6.07) is 18.6. The lowest BCUT2D eigenvalue weighted by atomic mass is 9.69. The molecule has 0 aromatic heterocycles. The van der Waals surface area contributed by atoms with E-state index in [0.29, 0.717) is 23.0 Å². The van der Waals surface area contributed by atoms with Crippen LogP contribution in [0.3, 0.4) is 0 Å². The molecule has 0 radical (unpaired) electrons. The molecule has 2 bridgehead atoms. The smallest absolute Gasteiger partial charge is 0.338 e. The summed E-state index contributed by atoms with van der Waals surface area (Å²) in [6.07, 6.45) is 3.81. The fourth-order valence-electron chi connectivity index (χ4n) is 6.39. The van der Waals surface area contributed by atoms with E-state index in [1.807, 2.05) is 36.4 Å². The van der Waals surface area contributed by atoms with Gasteiger partial charge in [0.05, 0.1) is 23.2 Å². The molecular formula is C27H31NO4. The predicted octanol–water partition coefficient (Wildman–Crippen LogP) is 4.72. The Hall–Kier alpha value is -2.66. The van der Waals surface area contributed by atoms with E-state index in [1.165, 1.54) is 12.8 Å².